The van der Waals surface area contributed by atoms with Crippen molar-refractivity contribution < 1.29 is 23.1 Å². The van der Waals surface area contributed by atoms with Gasteiger partial charge in [-0.25, -0.2) is 0 Å². The van der Waals surface area contributed by atoms with Gasteiger partial charge in [0.25, 0.3) is 5.91 Å². The van der Waals surface area contributed by atoms with E-state index in [1.54, 1.807) is 30.9 Å². The number of piperidine rings is 1. The predicted molar refractivity (Wildman–Crippen MR) is 103 cm³/mol. The highest BCUT2D eigenvalue weighted by Crippen LogP contribution is 2.28. The molecule has 2 heterocycles. The van der Waals surface area contributed by atoms with E-state index in [-0.39, 0.29) is 36.0 Å². The molecule has 3 rings (SSSR count). The molecular formula is C19H26ClF2N3O3. The van der Waals surface area contributed by atoms with Gasteiger partial charge in [0.15, 0.2) is 0 Å². The third kappa shape index (κ3) is 4.91. The van der Waals surface area contributed by atoms with Crippen LogP contribution >= 0.6 is 12.4 Å². The Labute approximate surface area is 169 Å². The van der Waals surface area contributed by atoms with Crippen LogP contribution in [0.25, 0.3) is 0 Å². The van der Waals surface area contributed by atoms with Crippen molar-refractivity contribution in [2.24, 2.45) is 0 Å². The lowest BCUT2D eigenvalue weighted by atomic mass is 10.0. The van der Waals surface area contributed by atoms with Crippen molar-refractivity contribution in [2.75, 3.05) is 32.7 Å². The average Bonchev–Trinajstić information content (AvgIpc) is 2.64. The summed E-state index contributed by atoms with van der Waals surface area (Å²) >= 11 is 0. The van der Waals surface area contributed by atoms with Gasteiger partial charge in [-0.2, -0.15) is 8.78 Å². The summed E-state index contributed by atoms with van der Waals surface area (Å²) in [6, 6.07) is 3.21. The molecule has 2 saturated heterocycles. The van der Waals surface area contributed by atoms with Crippen LogP contribution in [0.15, 0.2) is 12.1 Å². The highest BCUT2D eigenvalue weighted by Gasteiger charge is 2.32. The fourth-order valence-electron chi connectivity index (χ4n) is 3.93. The van der Waals surface area contributed by atoms with Gasteiger partial charge in [-0.3, -0.25) is 9.59 Å². The number of hydrogen-bond donors (Lipinski definition) is 1. The van der Waals surface area contributed by atoms with E-state index >= 15 is 0 Å². The van der Waals surface area contributed by atoms with Gasteiger partial charge in [0.1, 0.15) is 5.75 Å². The summed E-state index contributed by atoms with van der Waals surface area (Å²) in [6.07, 6.45) is 1.72. The minimum atomic E-state index is -2.90. The zero-order chi connectivity index (χ0) is 19.6. The van der Waals surface area contributed by atoms with Gasteiger partial charge in [0.2, 0.25) is 5.91 Å². The number of piperazine rings is 1. The zero-order valence-electron chi connectivity index (χ0n) is 16.0. The van der Waals surface area contributed by atoms with Gasteiger partial charge in [0, 0.05) is 37.8 Å². The molecule has 9 heteroatoms. The summed E-state index contributed by atoms with van der Waals surface area (Å²) in [5, 5.41) is 3.06. The Kier molecular flexibility index (Phi) is 7.60. The summed E-state index contributed by atoms with van der Waals surface area (Å²) < 4.78 is 29.7. The molecule has 0 bridgehead atoms. The average molecular weight is 418 g/mol. The Morgan fingerprint density at radius 2 is 1.93 bits per heavy atom. The first kappa shape index (κ1) is 22.4. The highest BCUT2D eigenvalue weighted by molar-refractivity contribution is 5.95. The Morgan fingerprint density at radius 3 is 2.54 bits per heavy atom. The summed E-state index contributed by atoms with van der Waals surface area (Å²) in [5.74, 6) is 0.0438. The monoisotopic (exact) mass is 417 g/mol. The predicted octanol–water partition coefficient (Wildman–Crippen LogP) is 2.36. The molecule has 2 aliphatic rings. The quantitative estimate of drug-likeness (QED) is 0.817. The smallest absolute Gasteiger partial charge is 0.387 e. The number of nitrogens with one attached hydrogen (secondary N) is 1. The van der Waals surface area contributed by atoms with Gasteiger partial charge < -0.3 is 19.9 Å². The van der Waals surface area contributed by atoms with Crippen molar-refractivity contribution in [2.45, 2.75) is 39.3 Å². The van der Waals surface area contributed by atoms with Crippen LogP contribution in [0.2, 0.25) is 0 Å². The number of halogens is 3. The molecule has 0 aromatic heterocycles. The van der Waals surface area contributed by atoms with E-state index in [4.69, 9.17) is 0 Å². The van der Waals surface area contributed by atoms with E-state index in [9.17, 15) is 18.4 Å². The number of alkyl halides is 2. The highest BCUT2D eigenvalue weighted by atomic mass is 35.5. The molecule has 156 valence electrons. The maximum atomic E-state index is 13.0. The molecule has 1 unspecified atom stereocenters. The molecule has 0 radical (unpaired) electrons. The summed E-state index contributed by atoms with van der Waals surface area (Å²) in [5.41, 5.74) is 1.47. The second-order valence-electron chi connectivity index (χ2n) is 7.13. The molecule has 2 amide bonds. The minimum absolute atomic E-state index is 0. The molecule has 1 aromatic carbocycles. The standard InChI is InChI=1S/C19H25F2N3O3.ClH/c1-12-8-14(9-13(2)17(12)27-19(20)21)18(26)23-6-3-4-15(11-23)24-7-5-22-10-16(24)25;/h8-9,15,19,22H,3-7,10-11H2,1-2H3;1H. The normalized spacial score (nSPS) is 20.2. The number of benzene rings is 1. The number of rotatable bonds is 4. The van der Waals surface area contributed by atoms with Crippen molar-refractivity contribution >= 4 is 24.2 Å². The molecule has 1 N–H and O–H groups in total. The fourth-order valence-corrected chi connectivity index (χ4v) is 3.93. The number of amides is 2. The molecule has 1 atom stereocenters. The number of hydrogen-bond acceptors (Lipinski definition) is 4. The molecule has 1 aromatic rings. The van der Waals surface area contributed by atoms with Crippen molar-refractivity contribution in [1.82, 2.24) is 15.1 Å². The van der Waals surface area contributed by atoms with Crippen molar-refractivity contribution in [3.8, 4) is 5.75 Å². The third-order valence-corrected chi connectivity index (χ3v) is 5.16. The molecule has 0 spiro atoms. The summed E-state index contributed by atoms with van der Waals surface area (Å²) in [6.45, 7) is 3.29. The Bertz CT molecular complexity index is 709. The summed E-state index contributed by atoms with van der Waals surface area (Å²) in [4.78, 5) is 28.7. The Balaban J connectivity index is 0.00000280. The Hall–Kier alpha value is -1.93. The van der Waals surface area contributed by atoms with E-state index < -0.39 is 6.61 Å². The van der Waals surface area contributed by atoms with E-state index in [0.29, 0.717) is 42.9 Å². The maximum absolute atomic E-state index is 13.0. The first-order chi connectivity index (χ1) is 12.9. The van der Waals surface area contributed by atoms with Crippen molar-refractivity contribution in [1.29, 1.82) is 0 Å². The maximum Gasteiger partial charge on any atom is 0.387 e. The van der Waals surface area contributed by atoms with Crippen LogP contribution in [0.4, 0.5) is 8.78 Å². The number of carbonyl (C=O) groups is 2. The van der Waals surface area contributed by atoms with Gasteiger partial charge in [-0.15, -0.1) is 12.4 Å². The first-order valence-corrected chi connectivity index (χ1v) is 9.22. The van der Waals surface area contributed by atoms with Crippen LogP contribution in [0, 0.1) is 13.8 Å². The SMILES string of the molecule is Cc1cc(C(=O)N2CCCC(N3CCNCC3=O)C2)cc(C)c1OC(F)F.Cl. The van der Waals surface area contributed by atoms with E-state index in [0.717, 1.165) is 19.4 Å². The molecule has 0 saturated carbocycles. The number of ether oxygens (including phenoxy) is 1. The van der Waals surface area contributed by atoms with Crippen LogP contribution in [0.1, 0.15) is 34.3 Å². The van der Waals surface area contributed by atoms with Crippen LogP contribution in [0.5, 0.6) is 5.75 Å². The van der Waals surface area contributed by atoms with Crippen molar-refractivity contribution in [3.05, 3.63) is 28.8 Å². The second-order valence-corrected chi connectivity index (χ2v) is 7.13. The number of carbonyl (C=O) groups excluding carboxylic acids is 2. The molecule has 2 fully saturated rings. The molecule has 28 heavy (non-hydrogen) atoms. The molecule has 0 aliphatic carbocycles. The molecule has 6 nitrogen and oxygen atoms in total. The van der Waals surface area contributed by atoms with Gasteiger partial charge in [0.05, 0.1) is 6.54 Å². The molecule has 2 aliphatic heterocycles. The fraction of sp³-hybridized carbons (Fsp3) is 0.579. The van der Waals surface area contributed by atoms with Crippen LogP contribution in [0.3, 0.4) is 0 Å². The van der Waals surface area contributed by atoms with E-state index in [1.807, 2.05) is 4.90 Å². The topological polar surface area (TPSA) is 61.9 Å². The Morgan fingerprint density at radius 1 is 1.25 bits per heavy atom. The number of likely N-dealkylation sites (tertiary alicyclic amines) is 1. The van der Waals surface area contributed by atoms with Crippen LogP contribution in [-0.2, 0) is 4.79 Å². The van der Waals surface area contributed by atoms with Crippen LogP contribution in [-0.4, -0.2) is 67.0 Å². The molecular weight excluding hydrogens is 392 g/mol. The lowest BCUT2D eigenvalue weighted by Gasteiger charge is -2.41. The largest absolute Gasteiger partial charge is 0.434 e. The summed E-state index contributed by atoms with van der Waals surface area (Å²) in [7, 11) is 0. The number of nitrogens with zero attached hydrogens (tertiary/aromatic N) is 2. The second kappa shape index (κ2) is 9.52. The van der Waals surface area contributed by atoms with Crippen molar-refractivity contribution in [3.63, 3.8) is 0 Å². The first-order valence-electron chi connectivity index (χ1n) is 9.22. The zero-order valence-corrected chi connectivity index (χ0v) is 16.9. The van der Waals surface area contributed by atoms with E-state index in [1.165, 1.54) is 0 Å². The number of aryl methyl sites for hydroxylation is 2. The lowest BCUT2D eigenvalue weighted by Crippen LogP contribution is -2.57. The van der Waals surface area contributed by atoms with E-state index in [2.05, 4.69) is 10.1 Å². The van der Waals surface area contributed by atoms with Gasteiger partial charge >= 0.3 is 6.61 Å². The van der Waals surface area contributed by atoms with Gasteiger partial charge in [-0.05, 0) is 49.9 Å². The third-order valence-electron chi connectivity index (χ3n) is 5.16. The van der Waals surface area contributed by atoms with Crippen LogP contribution < -0.4 is 10.1 Å². The lowest BCUT2D eigenvalue weighted by molar-refractivity contribution is -0.135. The van der Waals surface area contributed by atoms with Gasteiger partial charge in [-0.1, -0.05) is 0 Å². The minimum Gasteiger partial charge on any atom is -0.434 e.